The van der Waals surface area contributed by atoms with E-state index in [4.69, 9.17) is 14.2 Å². The number of carbonyl (C=O) groups is 2. The molecular weight excluding hydrogens is 416 g/mol. The summed E-state index contributed by atoms with van der Waals surface area (Å²) in [7, 11) is 0. The number of benzene rings is 3. The molecule has 33 heavy (non-hydrogen) atoms. The van der Waals surface area contributed by atoms with E-state index in [-0.39, 0.29) is 19.2 Å². The average Bonchev–Trinajstić information content (AvgIpc) is 2.87. The van der Waals surface area contributed by atoms with E-state index in [2.05, 4.69) is 25.0 Å². The molecule has 0 fully saturated rings. The van der Waals surface area contributed by atoms with Crippen LogP contribution in [-0.4, -0.2) is 25.2 Å². The minimum Gasteiger partial charge on any atom is -0.485 e. The van der Waals surface area contributed by atoms with E-state index in [0.717, 1.165) is 28.3 Å². The fourth-order valence-corrected chi connectivity index (χ4v) is 2.70. The van der Waals surface area contributed by atoms with Gasteiger partial charge in [-0.15, -0.1) is 0 Å². The zero-order chi connectivity index (χ0) is 23.5. The summed E-state index contributed by atoms with van der Waals surface area (Å²) in [4.78, 5) is 22.2. The molecule has 0 amide bonds. The van der Waals surface area contributed by atoms with Gasteiger partial charge in [0.25, 0.3) is 0 Å². The molecule has 0 spiro atoms. The van der Waals surface area contributed by atoms with Crippen molar-refractivity contribution in [1.29, 1.82) is 0 Å². The first-order valence-electron chi connectivity index (χ1n) is 10.1. The Balaban J connectivity index is 1.57. The Morgan fingerprint density at radius 1 is 0.697 bits per heavy atom. The summed E-state index contributed by atoms with van der Waals surface area (Å²) in [6.45, 7) is 6.55. The van der Waals surface area contributed by atoms with Crippen molar-refractivity contribution < 1.29 is 23.8 Å². The van der Waals surface area contributed by atoms with E-state index in [1.807, 2.05) is 60.7 Å². The second-order valence-corrected chi connectivity index (χ2v) is 6.76. The van der Waals surface area contributed by atoms with E-state index >= 15 is 0 Å². The van der Waals surface area contributed by atoms with Crippen molar-refractivity contribution in [3.05, 3.63) is 109 Å². The molecule has 164 valence electrons. The zero-order valence-corrected chi connectivity index (χ0v) is 18.0. The highest BCUT2D eigenvalue weighted by molar-refractivity contribution is 5.90. The number of hydrogen-bond acceptors (Lipinski definition) is 5. The van der Waals surface area contributed by atoms with Crippen molar-refractivity contribution >= 4 is 11.8 Å². The Morgan fingerprint density at radius 3 is 1.73 bits per heavy atom. The minimum absolute atomic E-state index is 0.0260. The molecule has 0 aliphatic heterocycles. The van der Waals surface area contributed by atoms with Crippen LogP contribution in [0.3, 0.4) is 0 Å². The lowest BCUT2D eigenvalue weighted by molar-refractivity contribution is -0.144. The molecule has 0 saturated heterocycles. The molecule has 5 heteroatoms. The van der Waals surface area contributed by atoms with Gasteiger partial charge in [0.2, 0.25) is 6.79 Å². The Morgan fingerprint density at radius 2 is 1.18 bits per heavy atom. The van der Waals surface area contributed by atoms with Crippen molar-refractivity contribution in [2.75, 3.05) is 13.4 Å². The smallest absolute Gasteiger partial charge is 0.333 e. The second kappa shape index (κ2) is 11.7. The van der Waals surface area contributed by atoms with Crippen LogP contribution in [0.1, 0.15) is 11.1 Å². The molecule has 3 rings (SSSR count). The lowest BCUT2D eigenvalue weighted by atomic mass is 10.0. The van der Waals surface area contributed by atoms with Gasteiger partial charge in [-0.05, 0) is 65.7 Å². The number of rotatable bonds is 9. The number of ketones is 1. The molecule has 0 N–H and O–H groups in total. The standard InChI is InChI=1S/C28H22O5/c1-3-25(29)19-31-26-15-9-22(10-16-26)6-5-21-7-11-23(12-8-21)24-13-17-27(18-14-24)32-20-33-28(30)4-2/h3-4,7-18H,1-2,19-20H2. The van der Waals surface area contributed by atoms with Crippen LogP contribution in [0.4, 0.5) is 0 Å². The fourth-order valence-electron chi connectivity index (χ4n) is 2.70. The molecule has 0 saturated carbocycles. The Bertz CT molecular complexity index is 1180. The van der Waals surface area contributed by atoms with Gasteiger partial charge in [0.1, 0.15) is 11.5 Å². The molecule has 0 aliphatic rings. The molecule has 0 bridgehead atoms. The van der Waals surface area contributed by atoms with Crippen molar-refractivity contribution in [3.8, 4) is 34.5 Å². The summed E-state index contributed by atoms with van der Waals surface area (Å²) < 4.78 is 15.5. The third-order valence-electron chi connectivity index (χ3n) is 4.48. The van der Waals surface area contributed by atoms with Crippen molar-refractivity contribution in [2.24, 2.45) is 0 Å². The SMILES string of the molecule is C=CC(=O)COc1ccc(C#Cc2ccc(-c3ccc(OCOC(=O)C=C)cc3)cc2)cc1. The summed E-state index contributed by atoms with van der Waals surface area (Å²) in [5, 5.41) is 0. The topological polar surface area (TPSA) is 61.8 Å². The first-order valence-corrected chi connectivity index (χ1v) is 10.1. The van der Waals surface area contributed by atoms with E-state index < -0.39 is 5.97 Å². The fraction of sp³-hybridized carbons (Fsp3) is 0.0714. The first kappa shape index (κ1) is 23.1. The maximum Gasteiger partial charge on any atom is 0.333 e. The molecular formula is C28H22O5. The van der Waals surface area contributed by atoms with Gasteiger partial charge < -0.3 is 14.2 Å². The molecule has 0 radical (unpaired) electrons. The van der Waals surface area contributed by atoms with E-state index in [9.17, 15) is 9.59 Å². The highest BCUT2D eigenvalue weighted by Crippen LogP contribution is 2.23. The monoisotopic (exact) mass is 438 g/mol. The van der Waals surface area contributed by atoms with E-state index in [1.54, 1.807) is 12.1 Å². The Kier molecular flexibility index (Phi) is 8.21. The largest absolute Gasteiger partial charge is 0.485 e. The van der Waals surface area contributed by atoms with Crippen molar-refractivity contribution in [3.63, 3.8) is 0 Å². The summed E-state index contributed by atoms with van der Waals surface area (Å²) in [5.41, 5.74) is 3.80. The molecule has 0 aromatic heterocycles. The summed E-state index contributed by atoms with van der Waals surface area (Å²) in [5.74, 6) is 6.76. The molecule has 5 nitrogen and oxygen atoms in total. The number of ether oxygens (including phenoxy) is 3. The molecule has 0 atom stereocenters. The number of esters is 1. The van der Waals surface area contributed by atoms with Crippen LogP contribution in [0, 0.1) is 11.8 Å². The van der Waals surface area contributed by atoms with Crippen LogP contribution in [0.15, 0.2) is 98.1 Å². The summed E-state index contributed by atoms with van der Waals surface area (Å²) in [6.07, 6.45) is 2.32. The molecule has 3 aromatic carbocycles. The summed E-state index contributed by atoms with van der Waals surface area (Å²) in [6, 6.07) is 22.6. The Hall–Kier alpha value is -4.56. The molecule has 3 aromatic rings. The lowest BCUT2D eigenvalue weighted by Gasteiger charge is -2.07. The third-order valence-corrected chi connectivity index (χ3v) is 4.48. The van der Waals surface area contributed by atoms with Crippen molar-refractivity contribution in [1.82, 2.24) is 0 Å². The molecule has 0 heterocycles. The zero-order valence-electron chi connectivity index (χ0n) is 18.0. The lowest BCUT2D eigenvalue weighted by Crippen LogP contribution is -2.07. The van der Waals surface area contributed by atoms with E-state index in [1.165, 1.54) is 6.08 Å². The van der Waals surface area contributed by atoms with Gasteiger partial charge in [0.05, 0.1) is 0 Å². The van der Waals surface area contributed by atoms with Gasteiger partial charge in [-0.25, -0.2) is 4.79 Å². The predicted molar refractivity (Wildman–Crippen MR) is 127 cm³/mol. The third kappa shape index (κ3) is 7.27. The number of carbonyl (C=O) groups excluding carboxylic acids is 2. The van der Waals surface area contributed by atoms with Crippen LogP contribution < -0.4 is 9.47 Å². The van der Waals surface area contributed by atoms with Gasteiger partial charge in [0.15, 0.2) is 12.4 Å². The second-order valence-electron chi connectivity index (χ2n) is 6.76. The van der Waals surface area contributed by atoms with E-state index in [0.29, 0.717) is 11.5 Å². The van der Waals surface area contributed by atoms with Gasteiger partial charge >= 0.3 is 5.97 Å². The maximum atomic E-state index is 11.2. The van der Waals surface area contributed by atoms with Crippen molar-refractivity contribution in [2.45, 2.75) is 0 Å². The average molecular weight is 438 g/mol. The maximum absolute atomic E-state index is 11.2. The predicted octanol–water partition coefficient (Wildman–Crippen LogP) is 4.95. The minimum atomic E-state index is -0.530. The van der Waals surface area contributed by atoms with Gasteiger partial charge in [-0.1, -0.05) is 49.3 Å². The summed E-state index contributed by atoms with van der Waals surface area (Å²) >= 11 is 0. The first-order chi connectivity index (χ1) is 16.1. The van der Waals surface area contributed by atoms with Crippen LogP contribution >= 0.6 is 0 Å². The molecule has 0 aliphatic carbocycles. The van der Waals surface area contributed by atoms with Gasteiger partial charge in [-0.2, -0.15) is 0 Å². The molecule has 0 unspecified atom stereocenters. The van der Waals surface area contributed by atoms with Crippen LogP contribution in [0.2, 0.25) is 0 Å². The van der Waals surface area contributed by atoms with Crippen LogP contribution in [0.25, 0.3) is 11.1 Å². The van der Waals surface area contributed by atoms with Gasteiger partial charge in [-0.3, -0.25) is 4.79 Å². The quantitative estimate of drug-likeness (QED) is 0.205. The highest BCUT2D eigenvalue weighted by atomic mass is 16.7. The van der Waals surface area contributed by atoms with Crippen LogP contribution in [-0.2, 0) is 14.3 Å². The number of hydrogen-bond donors (Lipinski definition) is 0. The Labute approximate surface area is 192 Å². The van der Waals surface area contributed by atoms with Crippen LogP contribution in [0.5, 0.6) is 11.5 Å². The van der Waals surface area contributed by atoms with Gasteiger partial charge in [0, 0.05) is 17.2 Å². The normalized spacial score (nSPS) is 9.70. The highest BCUT2D eigenvalue weighted by Gasteiger charge is 2.01.